The molecular weight excluding hydrogens is 302 g/mol. The van der Waals surface area contributed by atoms with E-state index in [1.165, 1.54) is 11.3 Å². The lowest BCUT2D eigenvalue weighted by molar-refractivity contribution is 0.0701. The number of urea groups is 1. The fourth-order valence-electron chi connectivity index (χ4n) is 1.37. The van der Waals surface area contributed by atoms with E-state index >= 15 is 0 Å². The fraction of sp³-hybridized carbons (Fsp3) is 0.300. The number of thiazole rings is 1. The summed E-state index contributed by atoms with van der Waals surface area (Å²) >= 11 is 2.30. The van der Waals surface area contributed by atoms with Crippen LogP contribution in [0.15, 0.2) is 0 Å². The third kappa shape index (κ3) is 3.48. The first-order valence-corrected chi connectivity index (χ1v) is 7.13. The summed E-state index contributed by atoms with van der Waals surface area (Å²) in [7, 11) is 0. The van der Waals surface area contributed by atoms with E-state index in [1.807, 2.05) is 0 Å². The molecule has 2 heterocycles. The van der Waals surface area contributed by atoms with E-state index in [0.717, 1.165) is 16.3 Å². The summed E-state index contributed by atoms with van der Waals surface area (Å²) in [6.45, 7) is 3.56. The van der Waals surface area contributed by atoms with Crippen molar-refractivity contribution in [1.29, 1.82) is 0 Å². The van der Waals surface area contributed by atoms with E-state index in [1.54, 1.807) is 13.8 Å². The minimum atomic E-state index is -1.01. The van der Waals surface area contributed by atoms with Gasteiger partial charge < -0.3 is 10.4 Å². The third-order valence-electron chi connectivity index (χ3n) is 2.18. The second-order valence-electron chi connectivity index (χ2n) is 3.76. The molecule has 0 bridgehead atoms. The molecule has 0 saturated heterocycles. The van der Waals surface area contributed by atoms with Crippen LogP contribution in [0.1, 0.15) is 25.4 Å². The van der Waals surface area contributed by atoms with Gasteiger partial charge in [-0.2, -0.15) is 0 Å². The number of carbonyl (C=O) groups is 2. The highest BCUT2D eigenvalue weighted by atomic mass is 32.1. The van der Waals surface area contributed by atoms with Gasteiger partial charge in [-0.15, -0.1) is 21.5 Å². The Bertz CT molecular complexity index is 651. The van der Waals surface area contributed by atoms with E-state index in [-0.39, 0.29) is 11.4 Å². The van der Waals surface area contributed by atoms with Crippen LogP contribution in [-0.2, 0) is 6.54 Å². The van der Waals surface area contributed by atoms with Gasteiger partial charge in [-0.25, -0.2) is 14.6 Å². The number of nitrogens with zero attached hydrogens (tertiary/aromatic N) is 3. The van der Waals surface area contributed by atoms with Crippen molar-refractivity contribution in [3.63, 3.8) is 0 Å². The van der Waals surface area contributed by atoms with E-state index in [4.69, 9.17) is 5.11 Å². The zero-order valence-corrected chi connectivity index (χ0v) is 12.3. The molecule has 20 heavy (non-hydrogen) atoms. The zero-order valence-electron chi connectivity index (χ0n) is 10.6. The molecule has 0 aromatic carbocycles. The maximum Gasteiger partial charge on any atom is 0.347 e. The Labute approximate surface area is 121 Å². The van der Waals surface area contributed by atoms with Crippen molar-refractivity contribution < 1.29 is 14.7 Å². The summed E-state index contributed by atoms with van der Waals surface area (Å²) < 4.78 is 0. The Hall–Kier alpha value is -2.07. The molecule has 2 amide bonds. The van der Waals surface area contributed by atoms with Gasteiger partial charge >= 0.3 is 12.0 Å². The Balaban J connectivity index is 1.90. The summed E-state index contributed by atoms with van der Waals surface area (Å²) in [5.74, 6) is -1.01. The van der Waals surface area contributed by atoms with E-state index in [0.29, 0.717) is 15.8 Å². The second-order valence-corrected chi connectivity index (χ2v) is 6.03. The number of aromatic nitrogens is 3. The molecular formula is C10H11N5O3S2. The highest BCUT2D eigenvalue weighted by Crippen LogP contribution is 2.18. The minimum absolute atomic E-state index is 0.155. The van der Waals surface area contributed by atoms with Crippen LogP contribution < -0.4 is 10.6 Å². The molecule has 0 spiro atoms. The maximum atomic E-state index is 11.6. The van der Waals surface area contributed by atoms with Gasteiger partial charge in [0.1, 0.15) is 14.9 Å². The molecule has 10 heteroatoms. The molecule has 0 fully saturated rings. The van der Waals surface area contributed by atoms with Gasteiger partial charge in [0, 0.05) is 0 Å². The number of carboxylic acid groups (broad SMARTS) is 1. The van der Waals surface area contributed by atoms with Crippen LogP contribution in [-0.4, -0.2) is 32.3 Å². The average molecular weight is 313 g/mol. The molecule has 106 valence electrons. The number of amides is 2. The van der Waals surface area contributed by atoms with Crippen LogP contribution in [0, 0.1) is 13.8 Å². The lowest BCUT2D eigenvalue weighted by Crippen LogP contribution is -2.28. The number of aryl methyl sites for hydroxylation is 2. The first-order chi connectivity index (χ1) is 9.45. The number of hydrogen-bond donors (Lipinski definition) is 3. The number of aromatic carboxylic acids is 1. The second kappa shape index (κ2) is 5.92. The Kier molecular flexibility index (Phi) is 4.25. The average Bonchev–Trinajstić information content (AvgIpc) is 2.93. The molecule has 0 aliphatic carbocycles. The molecule has 0 saturated carbocycles. The number of anilines is 1. The predicted molar refractivity (Wildman–Crippen MR) is 74.3 cm³/mol. The standard InChI is InChI=1S/C10H11N5O3S2/c1-4-7(8(16)17)20-6(12-4)3-11-9(18)13-10-15-14-5(2)19-10/h3H2,1-2H3,(H,16,17)(H2,11,13,15,18). The van der Waals surface area contributed by atoms with Crippen molar-refractivity contribution >= 4 is 39.8 Å². The fourth-order valence-corrected chi connectivity index (χ4v) is 2.80. The van der Waals surface area contributed by atoms with E-state index in [9.17, 15) is 9.59 Å². The summed E-state index contributed by atoms with van der Waals surface area (Å²) in [6.07, 6.45) is 0. The predicted octanol–water partition coefficient (Wildman–Crippen LogP) is 1.63. The summed E-state index contributed by atoms with van der Waals surface area (Å²) in [6, 6.07) is -0.439. The first-order valence-electron chi connectivity index (χ1n) is 5.50. The SMILES string of the molecule is Cc1nnc(NC(=O)NCc2nc(C)c(C(=O)O)s2)s1. The van der Waals surface area contributed by atoms with Crippen LogP contribution in [0.3, 0.4) is 0 Å². The highest BCUT2D eigenvalue weighted by Gasteiger charge is 2.14. The number of hydrogen-bond acceptors (Lipinski definition) is 7. The van der Waals surface area contributed by atoms with Gasteiger partial charge in [0.05, 0.1) is 12.2 Å². The van der Waals surface area contributed by atoms with Crippen molar-refractivity contribution in [1.82, 2.24) is 20.5 Å². The largest absolute Gasteiger partial charge is 0.477 e. The molecule has 0 atom stereocenters. The number of nitrogens with one attached hydrogen (secondary N) is 2. The van der Waals surface area contributed by atoms with Gasteiger partial charge in [0.15, 0.2) is 0 Å². The van der Waals surface area contributed by atoms with Crippen LogP contribution in [0.5, 0.6) is 0 Å². The Morgan fingerprint density at radius 2 is 2.00 bits per heavy atom. The van der Waals surface area contributed by atoms with Crippen LogP contribution >= 0.6 is 22.7 Å². The smallest absolute Gasteiger partial charge is 0.347 e. The first kappa shape index (κ1) is 14.3. The third-order valence-corrected chi connectivity index (χ3v) is 4.08. The minimum Gasteiger partial charge on any atom is -0.477 e. The van der Waals surface area contributed by atoms with Gasteiger partial charge in [-0.1, -0.05) is 11.3 Å². The normalized spacial score (nSPS) is 10.3. The van der Waals surface area contributed by atoms with Gasteiger partial charge in [-0.05, 0) is 13.8 Å². The summed E-state index contributed by atoms with van der Waals surface area (Å²) in [5.41, 5.74) is 0.444. The van der Waals surface area contributed by atoms with Gasteiger partial charge in [-0.3, -0.25) is 5.32 Å². The summed E-state index contributed by atoms with van der Waals surface area (Å²) in [5, 5.41) is 23.2. The van der Waals surface area contributed by atoms with Crippen LogP contribution in [0.4, 0.5) is 9.93 Å². The zero-order chi connectivity index (χ0) is 14.7. The summed E-state index contributed by atoms with van der Waals surface area (Å²) in [4.78, 5) is 26.7. The van der Waals surface area contributed by atoms with Gasteiger partial charge in [0.2, 0.25) is 5.13 Å². The van der Waals surface area contributed by atoms with E-state index < -0.39 is 12.0 Å². The quantitative estimate of drug-likeness (QED) is 0.789. The van der Waals surface area contributed by atoms with Crippen molar-refractivity contribution in [2.75, 3.05) is 5.32 Å². The van der Waals surface area contributed by atoms with Crippen molar-refractivity contribution in [3.8, 4) is 0 Å². The van der Waals surface area contributed by atoms with Crippen molar-refractivity contribution in [2.45, 2.75) is 20.4 Å². The van der Waals surface area contributed by atoms with Gasteiger partial charge in [0.25, 0.3) is 0 Å². The van der Waals surface area contributed by atoms with Crippen LogP contribution in [0.2, 0.25) is 0 Å². The monoisotopic (exact) mass is 313 g/mol. The Morgan fingerprint density at radius 3 is 2.55 bits per heavy atom. The molecule has 0 radical (unpaired) electrons. The molecule has 2 rings (SSSR count). The molecule has 3 N–H and O–H groups in total. The van der Waals surface area contributed by atoms with Crippen molar-refractivity contribution in [2.24, 2.45) is 0 Å². The number of rotatable bonds is 4. The topological polar surface area (TPSA) is 117 Å². The maximum absolute atomic E-state index is 11.6. The number of carboxylic acids is 1. The highest BCUT2D eigenvalue weighted by molar-refractivity contribution is 7.15. The molecule has 2 aromatic rings. The molecule has 0 aliphatic heterocycles. The molecule has 2 aromatic heterocycles. The lowest BCUT2D eigenvalue weighted by atomic mass is 10.4. The van der Waals surface area contributed by atoms with Crippen molar-refractivity contribution in [3.05, 3.63) is 20.6 Å². The molecule has 0 aliphatic rings. The molecule has 8 nitrogen and oxygen atoms in total. The molecule has 0 unspecified atom stereocenters. The van der Waals surface area contributed by atoms with Crippen LogP contribution in [0.25, 0.3) is 0 Å². The lowest BCUT2D eigenvalue weighted by Gasteiger charge is -2.02. The van der Waals surface area contributed by atoms with E-state index in [2.05, 4.69) is 25.8 Å². The number of carbonyl (C=O) groups excluding carboxylic acids is 1. The Morgan fingerprint density at radius 1 is 1.25 bits per heavy atom.